The molecule has 0 aromatic heterocycles. The molecule has 0 aliphatic heterocycles. The molecule has 0 unspecified atom stereocenters. The second-order valence-corrected chi connectivity index (χ2v) is 10.0. The van der Waals surface area contributed by atoms with Crippen LogP contribution in [0.4, 0.5) is 5.69 Å². The molecular formula is C25H32N2O6S. The fourth-order valence-corrected chi connectivity index (χ4v) is 4.96. The van der Waals surface area contributed by atoms with Crippen LogP contribution in [0.15, 0.2) is 53.4 Å². The average Bonchev–Trinajstić information content (AvgIpc) is 2.84. The molecule has 0 spiro atoms. The Kier molecular flexibility index (Phi) is 9.47. The van der Waals surface area contributed by atoms with Crippen molar-refractivity contribution < 1.29 is 27.5 Å². The topological polar surface area (TPSA) is 111 Å². The van der Waals surface area contributed by atoms with Gasteiger partial charge in [0.2, 0.25) is 10.0 Å². The summed E-state index contributed by atoms with van der Waals surface area (Å²) >= 11 is 0. The van der Waals surface area contributed by atoms with Crippen LogP contribution in [0.25, 0.3) is 0 Å². The summed E-state index contributed by atoms with van der Waals surface area (Å²) in [6, 6.07) is 12.4. The first-order valence-corrected chi connectivity index (χ1v) is 13.2. The van der Waals surface area contributed by atoms with Gasteiger partial charge >= 0.3 is 5.97 Å². The van der Waals surface area contributed by atoms with E-state index >= 15 is 0 Å². The van der Waals surface area contributed by atoms with Gasteiger partial charge in [-0.1, -0.05) is 32.6 Å². The molecule has 9 heteroatoms. The molecule has 3 rings (SSSR count). The van der Waals surface area contributed by atoms with Crippen molar-refractivity contribution in [3.8, 4) is 5.75 Å². The van der Waals surface area contributed by atoms with E-state index in [4.69, 9.17) is 9.47 Å². The van der Waals surface area contributed by atoms with Crippen molar-refractivity contribution in [3.05, 3.63) is 54.1 Å². The number of hydrogen-bond acceptors (Lipinski definition) is 6. The molecule has 0 saturated heterocycles. The summed E-state index contributed by atoms with van der Waals surface area (Å²) in [5, 5.41) is 2.69. The van der Waals surface area contributed by atoms with Gasteiger partial charge in [-0.25, -0.2) is 17.9 Å². The van der Waals surface area contributed by atoms with Crippen molar-refractivity contribution >= 4 is 27.6 Å². The fourth-order valence-electron chi connectivity index (χ4n) is 3.65. The van der Waals surface area contributed by atoms with Gasteiger partial charge in [0.05, 0.1) is 17.1 Å². The zero-order valence-electron chi connectivity index (χ0n) is 19.4. The molecule has 8 nitrogen and oxygen atoms in total. The molecule has 0 radical (unpaired) electrons. The van der Waals surface area contributed by atoms with Crippen molar-refractivity contribution in [2.45, 2.75) is 62.8 Å². The van der Waals surface area contributed by atoms with Crippen LogP contribution in [-0.4, -0.2) is 39.5 Å². The van der Waals surface area contributed by atoms with Gasteiger partial charge in [0.25, 0.3) is 5.91 Å². The van der Waals surface area contributed by atoms with Gasteiger partial charge < -0.3 is 14.8 Å². The third-order valence-corrected chi connectivity index (χ3v) is 7.10. The van der Waals surface area contributed by atoms with E-state index in [1.54, 1.807) is 24.3 Å². The van der Waals surface area contributed by atoms with E-state index in [9.17, 15) is 18.0 Å². The number of carbonyl (C=O) groups is 2. The van der Waals surface area contributed by atoms with Gasteiger partial charge in [0.15, 0.2) is 6.61 Å². The number of unbranched alkanes of at least 4 members (excludes halogenated alkanes) is 1. The molecule has 2 N–H and O–H groups in total. The molecule has 0 atom stereocenters. The number of nitrogens with one attached hydrogen (secondary N) is 2. The minimum atomic E-state index is -3.58. The van der Waals surface area contributed by atoms with Crippen LogP contribution < -0.4 is 14.8 Å². The van der Waals surface area contributed by atoms with E-state index in [1.165, 1.54) is 24.3 Å². The Morgan fingerprint density at radius 1 is 0.971 bits per heavy atom. The summed E-state index contributed by atoms with van der Waals surface area (Å²) in [7, 11) is -3.58. The third kappa shape index (κ3) is 7.85. The maximum atomic E-state index is 12.6. The molecule has 0 bridgehead atoms. The zero-order chi connectivity index (χ0) is 24.4. The first-order chi connectivity index (χ1) is 16.4. The molecule has 2 aromatic carbocycles. The van der Waals surface area contributed by atoms with Crippen molar-refractivity contribution in [1.82, 2.24) is 4.72 Å². The molecule has 184 valence electrons. The van der Waals surface area contributed by atoms with E-state index in [0.29, 0.717) is 23.6 Å². The van der Waals surface area contributed by atoms with Gasteiger partial charge in [-0.3, -0.25) is 4.79 Å². The molecule has 1 fully saturated rings. The number of ether oxygens (including phenoxy) is 2. The number of anilines is 1. The Morgan fingerprint density at radius 3 is 2.29 bits per heavy atom. The van der Waals surface area contributed by atoms with Crippen LogP contribution in [0.2, 0.25) is 0 Å². The summed E-state index contributed by atoms with van der Waals surface area (Å²) in [6.07, 6.45) is 6.71. The lowest BCUT2D eigenvalue weighted by Crippen LogP contribution is -2.36. The molecule has 0 heterocycles. The predicted molar refractivity (Wildman–Crippen MR) is 129 cm³/mol. The number of amides is 1. The highest BCUT2D eigenvalue weighted by Crippen LogP contribution is 2.21. The van der Waals surface area contributed by atoms with Crippen LogP contribution >= 0.6 is 0 Å². The fraction of sp³-hybridized carbons (Fsp3) is 0.440. The monoisotopic (exact) mass is 488 g/mol. The molecule has 1 aliphatic rings. The lowest BCUT2D eigenvalue weighted by Gasteiger charge is -2.22. The van der Waals surface area contributed by atoms with E-state index in [1.807, 2.05) is 6.92 Å². The van der Waals surface area contributed by atoms with Crippen LogP contribution in [0.5, 0.6) is 5.75 Å². The average molecular weight is 489 g/mol. The van der Waals surface area contributed by atoms with Gasteiger partial charge in [-0.15, -0.1) is 0 Å². The Morgan fingerprint density at radius 2 is 1.65 bits per heavy atom. The summed E-state index contributed by atoms with van der Waals surface area (Å²) < 4.78 is 38.5. The summed E-state index contributed by atoms with van der Waals surface area (Å²) in [5.41, 5.74) is 0.937. The predicted octanol–water partition coefficient (Wildman–Crippen LogP) is 4.27. The zero-order valence-corrected chi connectivity index (χ0v) is 20.2. The van der Waals surface area contributed by atoms with Gasteiger partial charge in [0.1, 0.15) is 5.75 Å². The molecular weight excluding hydrogens is 456 g/mol. The minimum Gasteiger partial charge on any atom is -0.484 e. The van der Waals surface area contributed by atoms with Crippen LogP contribution in [0, 0.1) is 0 Å². The number of sulfonamides is 1. The highest BCUT2D eigenvalue weighted by atomic mass is 32.2. The first kappa shape index (κ1) is 25.7. The second-order valence-electron chi connectivity index (χ2n) is 8.33. The highest BCUT2D eigenvalue weighted by molar-refractivity contribution is 7.89. The van der Waals surface area contributed by atoms with Crippen molar-refractivity contribution in [2.75, 3.05) is 18.5 Å². The van der Waals surface area contributed by atoms with Gasteiger partial charge in [0, 0.05) is 11.7 Å². The number of hydrogen-bond donors (Lipinski definition) is 2. The van der Waals surface area contributed by atoms with Crippen molar-refractivity contribution in [2.24, 2.45) is 0 Å². The maximum Gasteiger partial charge on any atom is 0.338 e. The molecule has 2 aromatic rings. The molecule has 1 amide bonds. The van der Waals surface area contributed by atoms with Gasteiger partial charge in [-0.2, -0.15) is 0 Å². The van der Waals surface area contributed by atoms with Crippen LogP contribution in [0.3, 0.4) is 0 Å². The number of benzene rings is 2. The summed E-state index contributed by atoms with van der Waals surface area (Å²) in [5.74, 6) is -0.389. The maximum absolute atomic E-state index is 12.6. The second kappa shape index (κ2) is 12.5. The normalized spacial score (nSPS) is 14.4. The van der Waals surface area contributed by atoms with Crippen molar-refractivity contribution in [3.63, 3.8) is 0 Å². The minimum absolute atomic E-state index is 0.0147. The Balaban J connectivity index is 1.46. The first-order valence-electron chi connectivity index (χ1n) is 11.7. The smallest absolute Gasteiger partial charge is 0.338 e. The van der Waals surface area contributed by atoms with E-state index in [2.05, 4.69) is 10.0 Å². The van der Waals surface area contributed by atoms with E-state index in [-0.39, 0.29) is 23.5 Å². The number of carbonyl (C=O) groups excluding carboxylic acids is 2. The largest absolute Gasteiger partial charge is 0.484 e. The van der Waals surface area contributed by atoms with Crippen molar-refractivity contribution in [1.29, 1.82) is 0 Å². The highest BCUT2D eigenvalue weighted by Gasteiger charge is 2.21. The lowest BCUT2D eigenvalue weighted by atomic mass is 9.96. The van der Waals surface area contributed by atoms with Crippen LogP contribution in [-0.2, 0) is 19.6 Å². The van der Waals surface area contributed by atoms with Crippen LogP contribution in [0.1, 0.15) is 62.2 Å². The molecule has 1 saturated carbocycles. The number of rotatable bonds is 11. The van der Waals surface area contributed by atoms with E-state index in [0.717, 1.165) is 44.9 Å². The summed E-state index contributed by atoms with van der Waals surface area (Å²) in [6.45, 7) is 2.16. The lowest BCUT2D eigenvalue weighted by molar-refractivity contribution is -0.118. The van der Waals surface area contributed by atoms with Gasteiger partial charge in [-0.05, 0) is 67.8 Å². The SMILES string of the molecule is CCCCOC(=O)c1ccc(NC(=O)COc2ccc(S(=O)(=O)NC3CCCCC3)cc2)cc1. The number of esters is 1. The quantitative estimate of drug-likeness (QED) is 0.361. The molecule has 34 heavy (non-hydrogen) atoms. The van der Waals surface area contributed by atoms with E-state index < -0.39 is 16.0 Å². The Labute approximate surface area is 201 Å². The summed E-state index contributed by atoms with van der Waals surface area (Å²) in [4.78, 5) is 24.3. The third-order valence-electron chi connectivity index (χ3n) is 5.57. The molecule has 1 aliphatic carbocycles. The Bertz CT molecular complexity index is 1050. The standard InChI is InChI=1S/C25H32N2O6S/c1-2-3-17-32-25(29)19-9-11-20(12-10-19)26-24(28)18-33-22-13-15-23(16-14-22)34(30,31)27-21-7-5-4-6-8-21/h9-16,21,27H,2-8,17-18H2,1H3,(H,26,28). The Hall–Kier alpha value is -2.91.